The molecule has 4 aromatic rings. The van der Waals surface area contributed by atoms with Crippen molar-refractivity contribution < 1.29 is 23.8 Å². The zero-order chi connectivity index (χ0) is 24.9. The maximum Gasteiger partial charge on any atom is 0.350 e. The molecule has 35 heavy (non-hydrogen) atoms. The van der Waals surface area contributed by atoms with Crippen LogP contribution < -0.4 is 10.3 Å². The fourth-order valence-corrected chi connectivity index (χ4v) is 5.12. The molecule has 0 saturated carbocycles. The minimum Gasteiger partial charge on any atom is -0.508 e. The van der Waals surface area contributed by atoms with Crippen molar-refractivity contribution in [2.24, 2.45) is 0 Å². The second-order valence-electron chi connectivity index (χ2n) is 8.14. The summed E-state index contributed by atoms with van der Waals surface area (Å²) in [6.07, 6.45) is 1.46. The number of ether oxygens (including phenoxy) is 1. The van der Waals surface area contributed by atoms with E-state index in [2.05, 4.69) is 11.6 Å². The number of amides is 1. The minimum absolute atomic E-state index is 0.0418. The van der Waals surface area contributed by atoms with Crippen molar-refractivity contribution in [3.8, 4) is 5.75 Å². The molecular formula is C26H20N2O6S. The minimum atomic E-state index is -0.859. The molecule has 2 aromatic heterocycles. The number of aryl methyl sites for hydroxylation is 2. The van der Waals surface area contributed by atoms with Crippen molar-refractivity contribution in [1.29, 1.82) is 0 Å². The lowest BCUT2D eigenvalue weighted by Gasteiger charge is -2.22. The molecule has 1 aliphatic heterocycles. The monoisotopic (exact) mass is 488 g/mol. The van der Waals surface area contributed by atoms with Crippen LogP contribution in [-0.2, 0) is 4.74 Å². The van der Waals surface area contributed by atoms with Crippen molar-refractivity contribution >= 4 is 39.3 Å². The number of phenolic OH excluding ortho intramolecular Hbond substituents is 1. The summed E-state index contributed by atoms with van der Waals surface area (Å²) >= 11 is 0.996. The molecule has 0 fully saturated rings. The molecule has 5 rings (SSSR count). The number of fused-ring (bicyclic) bond motifs is 2. The maximum absolute atomic E-state index is 13.7. The SMILES string of the molecule is C=CCOC(=O)c1sc(N2C(=O)c3oc4ccc(C)cc4c(=O)c3C2c2ccc(O)cc2)nc1C. The second-order valence-corrected chi connectivity index (χ2v) is 9.12. The van der Waals surface area contributed by atoms with Crippen LogP contribution in [0.5, 0.6) is 5.75 Å². The number of hydrogen-bond donors (Lipinski definition) is 1. The molecule has 1 aliphatic rings. The van der Waals surface area contributed by atoms with Crippen LogP contribution in [0.3, 0.4) is 0 Å². The Balaban J connectivity index is 1.72. The van der Waals surface area contributed by atoms with Crippen LogP contribution >= 0.6 is 11.3 Å². The van der Waals surface area contributed by atoms with Crippen molar-refractivity contribution in [2.45, 2.75) is 19.9 Å². The van der Waals surface area contributed by atoms with Crippen LogP contribution in [0.2, 0.25) is 0 Å². The van der Waals surface area contributed by atoms with Gasteiger partial charge in [-0.1, -0.05) is 47.8 Å². The van der Waals surface area contributed by atoms with E-state index in [0.29, 0.717) is 22.2 Å². The number of hydrogen-bond acceptors (Lipinski definition) is 8. The summed E-state index contributed by atoms with van der Waals surface area (Å²) < 4.78 is 11.1. The van der Waals surface area contributed by atoms with E-state index in [1.807, 2.05) is 6.92 Å². The molecule has 0 bridgehead atoms. The summed E-state index contributed by atoms with van der Waals surface area (Å²) in [6.45, 7) is 7.09. The van der Waals surface area contributed by atoms with Gasteiger partial charge in [0.2, 0.25) is 5.76 Å². The highest BCUT2D eigenvalue weighted by Gasteiger charge is 2.45. The first kappa shape index (κ1) is 22.5. The van der Waals surface area contributed by atoms with Crippen molar-refractivity contribution in [3.05, 3.63) is 98.4 Å². The fraction of sp³-hybridized carbons (Fsp3) is 0.154. The predicted molar refractivity (Wildman–Crippen MR) is 131 cm³/mol. The Kier molecular flexibility index (Phi) is 5.49. The number of carbonyl (C=O) groups is 2. The molecule has 1 N–H and O–H groups in total. The van der Waals surface area contributed by atoms with Gasteiger partial charge in [-0.3, -0.25) is 14.5 Å². The molecule has 1 unspecified atom stereocenters. The molecule has 3 heterocycles. The van der Waals surface area contributed by atoms with Crippen LogP contribution in [0.4, 0.5) is 5.13 Å². The number of aromatic nitrogens is 1. The topological polar surface area (TPSA) is 110 Å². The van der Waals surface area contributed by atoms with Gasteiger partial charge in [-0.05, 0) is 43.7 Å². The highest BCUT2D eigenvalue weighted by atomic mass is 32.1. The third-order valence-electron chi connectivity index (χ3n) is 5.74. The average Bonchev–Trinajstić information content (AvgIpc) is 3.36. The molecule has 1 atom stereocenters. The van der Waals surface area contributed by atoms with Gasteiger partial charge in [0.05, 0.1) is 22.7 Å². The maximum atomic E-state index is 13.7. The molecule has 0 radical (unpaired) electrons. The van der Waals surface area contributed by atoms with E-state index < -0.39 is 17.9 Å². The highest BCUT2D eigenvalue weighted by Crippen LogP contribution is 2.43. The number of esters is 1. The lowest BCUT2D eigenvalue weighted by molar-refractivity contribution is 0.0554. The van der Waals surface area contributed by atoms with Gasteiger partial charge in [0.1, 0.15) is 22.8 Å². The number of rotatable bonds is 5. The molecule has 0 spiro atoms. The van der Waals surface area contributed by atoms with Crippen LogP contribution in [0.25, 0.3) is 11.0 Å². The number of carbonyl (C=O) groups excluding carboxylic acids is 2. The van der Waals surface area contributed by atoms with Gasteiger partial charge in [-0.15, -0.1) is 0 Å². The summed E-state index contributed by atoms with van der Waals surface area (Å²) in [6, 6.07) is 10.6. The Hall–Kier alpha value is -4.24. The summed E-state index contributed by atoms with van der Waals surface area (Å²) in [5, 5.41) is 10.4. The van der Waals surface area contributed by atoms with Gasteiger partial charge in [0.15, 0.2) is 10.6 Å². The Morgan fingerprint density at radius 2 is 1.97 bits per heavy atom. The van der Waals surface area contributed by atoms with Gasteiger partial charge in [-0.2, -0.15) is 0 Å². The first-order valence-electron chi connectivity index (χ1n) is 10.8. The van der Waals surface area contributed by atoms with E-state index in [1.165, 1.54) is 23.1 Å². The molecule has 1 amide bonds. The molecule has 0 saturated heterocycles. The normalized spacial score (nSPS) is 14.9. The smallest absolute Gasteiger partial charge is 0.350 e. The predicted octanol–water partition coefficient (Wildman–Crippen LogP) is 4.66. The molecule has 0 aliphatic carbocycles. The molecular weight excluding hydrogens is 468 g/mol. The number of thiazole rings is 1. The van der Waals surface area contributed by atoms with Gasteiger partial charge in [-0.25, -0.2) is 9.78 Å². The van der Waals surface area contributed by atoms with Crippen molar-refractivity contribution in [1.82, 2.24) is 4.98 Å². The Labute approximate surface area is 203 Å². The standard InChI is InChI=1S/C26H20N2O6S/c1-4-11-33-25(32)23-14(3)27-26(35-23)28-20(15-6-8-16(29)9-7-15)19-21(30)17-12-13(2)5-10-18(17)34-22(19)24(28)31/h4-10,12,20,29H,1,11H2,2-3H3. The molecule has 9 heteroatoms. The lowest BCUT2D eigenvalue weighted by atomic mass is 9.98. The number of anilines is 1. The number of nitrogens with zero attached hydrogens (tertiary/aromatic N) is 2. The van der Waals surface area contributed by atoms with E-state index >= 15 is 0 Å². The Bertz CT molecular complexity index is 1570. The van der Waals surface area contributed by atoms with E-state index in [0.717, 1.165) is 16.9 Å². The summed E-state index contributed by atoms with van der Waals surface area (Å²) in [7, 11) is 0. The largest absolute Gasteiger partial charge is 0.508 e. The van der Waals surface area contributed by atoms with E-state index in [9.17, 15) is 19.5 Å². The van der Waals surface area contributed by atoms with Crippen LogP contribution in [0.15, 0.2) is 64.3 Å². The molecule has 2 aromatic carbocycles. The Morgan fingerprint density at radius 1 is 1.23 bits per heavy atom. The third-order valence-corrected chi connectivity index (χ3v) is 6.88. The van der Waals surface area contributed by atoms with Crippen LogP contribution in [0, 0.1) is 13.8 Å². The van der Waals surface area contributed by atoms with Crippen LogP contribution in [-0.4, -0.2) is 28.6 Å². The number of benzene rings is 2. The average molecular weight is 489 g/mol. The zero-order valence-electron chi connectivity index (χ0n) is 18.9. The summed E-state index contributed by atoms with van der Waals surface area (Å²) in [5.74, 6) is -1.15. The van der Waals surface area contributed by atoms with Gasteiger partial charge in [0, 0.05) is 0 Å². The van der Waals surface area contributed by atoms with Gasteiger partial charge < -0.3 is 14.3 Å². The lowest BCUT2D eigenvalue weighted by Crippen LogP contribution is -2.29. The first-order chi connectivity index (χ1) is 16.8. The number of aromatic hydroxyl groups is 1. The summed E-state index contributed by atoms with van der Waals surface area (Å²) in [4.78, 5) is 45.9. The fourth-order valence-electron chi connectivity index (χ4n) is 4.13. The third kappa shape index (κ3) is 3.70. The van der Waals surface area contributed by atoms with Gasteiger partial charge in [0.25, 0.3) is 5.91 Å². The Morgan fingerprint density at radius 3 is 2.69 bits per heavy atom. The summed E-state index contributed by atoms with van der Waals surface area (Å²) in [5.41, 5.74) is 2.03. The van der Waals surface area contributed by atoms with Crippen molar-refractivity contribution in [2.75, 3.05) is 11.5 Å². The van der Waals surface area contributed by atoms with E-state index in [1.54, 1.807) is 37.3 Å². The van der Waals surface area contributed by atoms with Gasteiger partial charge >= 0.3 is 5.97 Å². The number of phenols is 1. The second kappa shape index (κ2) is 8.52. The zero-order valence-corrected chi connectivity index (χ0v) is 19.7. The van der Waals surface area contributed by atoms with E-state index in [4.69, 9.17) is 9.15 Å². The van der Waals surface area contributed by atoms with E-state index in [-0.39, 0.29) is 39.1 Å². The van der Waals surface area contributed by atoms with Crippen molar-refractivity contribution in [3.63, 3.8) is 0 Å². The molecule has 8 nitrogen and oxygen atoms in total. The molecule has 176 valence electrons. The first-order valence-corrected chi connectivity index (χ1v) is 11.6. The quantitative estimate of drug-likeness (QED) is 0.321. The highest BCUT2D eigenvalue weighted by molar-refractivity contribution is 7.17. The van der Waals surface area contributed by atoms with Crippen LogP contribution in [0.1, 0.15) is 48.7 Å².